The van der Waals surface area contributed by atoms with Crippen LogP contribution in [0, 0.1) is 11.2 Å². The minimum Gasteiger partial charge on any atom is -0.493 e. The predicted molar refractivity (Wildman–Crippen MR) is 103 cm³/mol. The number of fused-ring (bicyclic) bond motifs is 2. The number of para-hydroxylation sites is 1. The molecule has 4 rings (SSSR count). The Bertz CT molecular complexity index is 1140. The van der Waals surface area contributed by atoms with Gasteiger partial charge in [0, 0.05) is 34.3 Å². The summed E-state index contributed by atoms with van der Waals surface area (Å²) in [6.07, 6.45) is 2.68. The molecule has 2 aromatic carbocycles. The fourth-order valence-electron chi connectivity index (χ4n) is 2.98. The summed E-state index contributed by atoms with van der Waals surface area (Å²) in [6, 6.07) is 14.5. The first kappa shape index (κ1) is 16.5. The van der Waals surface area contributed by atoms with E-state index in [1.54, 1.807) is 18.3 Å². The van der Waals surface area contributed by atoms with Crippen LogP contribution < -0.4 is 0 Å². The molecule has 4 aromatic rings. The van der Waals surface area contributed by atoms with Crippen LogP contribution in [0.15, 0.2) is 59.8 Å². The van der Waals surface area contributed by atoms with Crippen molar-refractivity contribution in [3.8, 4) is 5.88 Å². The first-order valence-corrected chi connectivity index (χ1v) is 8.94. The van der Waals surface area contributed by atoms with Crippen LogP contribution in [0.4, 0.5) is 4.39 Å². The normalized spacial score (nSPS) is 11.1. The number of nitrogens with zero attached hydrogens (tertiary/aromatic N) is 2. The van der Waals surface area contributed by atoms with E-state index in [0.29, 0.717) is 16.2 Å². The largest absolute Gasteiger partial charge is 0.493 e. The third kappa shape index (κ3) is 2.78. The number of aromatic hydroxyl groups is 1. The second-order valence-corrected chi connectivity index (χ2v) is 6.71. The average molecular weight is 363 g/mol. The molecule has 0 atom stereocenters. The van der Waals surface area contributed by atoms with Crippen LogP contribution in [0.2, 0.25) is 0 Å². The Hall–Kier alpha value is -2.99. The number of hydrogen-bond donors (Lipinski definition) is 2. The van der Waals surface area contributed by atoms with Gasteiger partial charge in [-0.2, -0.15) is 0 Å². The lowest BCUT2D eigenvalue weighted by Gasteiger charge is -2.11. The van der Waals surface area contributed by atoms with Gasteiger partial charge >= 0.3 is 0 Å². The standard InChI is InChI=1S/C20H14FN3OS/c21-16-8-2-7-14-17(16)15(10-22)19(25)24-20(14)26-11-13-5-1-4-12-6-3-9-23-18(12)13/h1-10,22H,11H2,(H,24,25). The molecule has 26 heavy (non-hydrogen) atoms. The highest BCUT2D eigenvalue weighted by Crippen LogP contribution is 2.35. The third-order valence-electron chi connectivity index (χ3n) is 4.19. The van der Waals surface area contributed by atoms with E-state index in [4.69, 9.17) is 5.41 Å². The fourth-order valence-corrected chi connectivity index (χ4v) is 3.98. The zero-order valence-electron chi connectivity index (χ0n) is 13.6. The summed E-state index contributed by atoms with van der Waals surface area (Å²) in [5, 5.41) is 20.0. The van der Waals surface area contributed by atoms with E-state index in [2.05, 4.69) is 9.97 Å². The number of halogens is 1. The molecule has 4 nitrogen and oxygen atoms in total. The highest BCUT2D eigenvalue weighted by Gasteiger charge is 2.16. The van der Waals surface area contributed by atoms with E-state index in [-0.39, 0.29) is 16.8 Å². The number of pyridine rings is 2. The number of rotatable bonds is 4. The van der Waals surface area contributed by atoms with E-state index in [1.807, 2.05) is 30.3 Å². The monoisotopic (exact) mass is 363 g/mol. The van der Waals surface area contributed by atoms with Gasteiger partial charge in [-0.25, -0.2) is 9.37 Å². The number of aromatic nitrogens is 2. The summed E-state index contributed by atoms with van der Waals surface area (Å²) in [5.74, 6) is -0.236. The summed E-state index contributed by atoms with van der Waals surface area (Å²) in [4.78, 5) is 8.63. The number of thioether (sulfide) groups is 1. The average Bonchev–Trinajstić information content (AvgIpc) is 2.67. The van der Waals surface area contributed by atoms with Crippen molar-refractivity contribution in [2.75, 3.05) is 0 Å². The summed E-state index contributed by atoms with van der Waals surface area (Å²) in [6.45, 7) is 0. The Labute approximate surface area is 153 Å². The van der Waals surface area contributed by atoms with E-state index < -0.39 is 5.82 Å². The molecule has 2 N–H and O–H groups in total. The van der Waals surface area contributed by atoms with Crippen molar-refractivity contribution in [3.63, 3.8) is 0 Å². The molecule has 0 saturated heterocycles. The van der Waals surface area contributed by atoms with Crippen LogP contribution in [0.5, 0.6) is 5.88 Å². The van der Waals surface area contributed by atoms with E-state index in [9.17, 15) is 9.50 Å². The second kappa shape index (κ2) is 6.72. The molecule has 0 unspecified atom stereocenters. The van der Waals surface area contributed by atoms with Crippen molar-refractivity contribution in [2.24, 2.45) is 0 Å². The van der Waals surface area contributed by atoms with Gasteiger partial charge in [-0.3, -0.25) is 4.98 Å². The Kier molecular flexibility index (Phi) is 4.26. The number of nitrogens with one attached hydrogen (secondary N) is 1. The highest BCUT2D eigenvalue weighted by atomic mass is 32.2. The molecular formula is C20H14FN3OS. The summed E-state index contributed by atoms with van der Waals surface area (Å²) < 4.78 is 14.3. The van der Waals surface area contributed by atoms with Crippen LogP contribution in [-0.2, 0) is 5.75 Å². The van der Waals surface area contributed by atoms with Gasteiger partial charge < -0.3 is 10.5 Å². The minimum atomic E-state index is -0.479. The Balaban J connectivity index is 1.78. The SMILES string of the molecule is N=Cc1c(O)nc(SCc2cccc3cccnc23)c2cccc(F)c12. The lowest BCUT2D eigenvalue weighted by Crippen LogP contribution is -1.95. The first-order valence-electron chi connectivity index (χ1n) is 7.96. The van der Waals surface area contributed by atoms with Crippen LogP contribution in [-0.4, -0.2) is 21.3 Å². The van der Waals surface area contributed by atoms with E-state index in [0.717, 1.165) is 22.7 Å². The third-order valence-corrected chi connectivity index (χ3v) is 5.23. The molecule has 0 spiro atoms. The van der Waals surface area contributed by atoms with Gasteiger partial charge in [0.05, 0.1) is 11.1 Å². The molecule has 0 aliphatic carbocycles. The highest BCUT2D eigenvalue weighted by molar-refractivity contribution is 7.98. The van der Waals surface area contributed by atoms with Gasteiger partial charge in [0.1, 0.15) is 10.8 Å². The maximum absolute atomic E-state index is 14.3. The zero-order chi connectivity index (χ0) is 18.1. The molecule has 0 aliphatic rings. The van der Waals surface area contributed by atoms with Crippen LogP contribution in [0.25, 0.3) is 21.7 Å². The Morgan fingerprint density at radius 2 is 1.92 bits per heavy atom. The van der Waals surface area contributed by atoms with Crippen molar-refractivity contribution in [1.82, 2.24) is 9.97 Å². The van der Waals surface area contributed by atoms with Crippen molar-refractivity contribution in [2.45, 2.75) is 10.8 Å². The quantitative estimate of drug-likeness (QED) is 0.399. The maximum atomic E-state index is 14.3. The molecule has 0 bridgehead atoms. The lowest BCUT2D eigenvalue weighted by atomic mass is 10.1. The van der Waals surface area contributed by atoms with Crippen LogP contribution >= 0.6 is 11.8 Å². The second-order valence-electron chi connectivity index (χ2n) is 5.74. The van der Waals surface area contributed by atoms with Gasteiger partial charge in [-0.15, -0.1) is 11.8 Å². The molecular weight excluding hydrogens is 349 g/mol. The molecule has 2 aromatic heterocycles. The number of hydrogen-bond acceptors (Lipinski definition) is 5. The summed E-state index contributed by atoms with van der Waals surface area (Å²) in [5.41, 5.74) is 2.04. The van der Waals surface area contributed by atoms with Gasteiger partial charge in [0.2, 0.25) is 5.88 Å². The van der Waals surface area contributed by atoms with Crippen molar-refractivity contribution in [3.05, 3.63) is 71.7 Å². The van der Waals surface area contributed by atoms with Crippen LogP contribution in [0.3, 0.4) is 0 Å². The minimum absolute atomic E-state index is 0.0919. The Morgan fingerprint density at radius 1 is 1.12 bits per heavy atom. The fraction of sp³-hybridized carbons (Fsp3) is 0.0500. The van der Waals surface area contributed by atoms with Gasteiger partial charge in [-0.05, 0) is 17.7 Å². The summed E-state index contributed by atoms with van der Waals surface area (Å²) in [7, 11) is 0. The molecule has 0 fully saturated rings. The van der Waals surface area contributed by atoms with Gasteiger partial charge in [0.25, 0.3) is 0 Å². The first-order chi connectivity index (χ1) is 12.7. The van der Waals surface area contributed by atoms with E-state index in [1.165, 1.54) is 17.8 Å². The molecule has 0 aliphatic heterocycles. The molecule has 0 amide bonds. The molecule has 2 heterocycles. The van der Waals surface area contributed by atoms with Crippen molar-refractivity contribution >= 4 is 39.7 Å². The zero-order valence-corrected chi connectivity index (χ0v) is 14.4. The summed E-state index contributed by atoms with van der Waals surface area (Å²) >= 11 is 1.41. The molecule has 128 valence electrons. The van der Waals surface area contributed by atoms with Gasteiger partial charge in [-0.1, -0.05) is 36.4 Å². The molecule has 0 saturated carbocycles. The lowest BCUT2D eigenvalue weighted by molar-refractivity contribution is 0.449. The topological polar surface area (TPSA) is 69.9 Å². The van der Waals surface area contributed by atoms with Gasteiger partial charge in [0.15, 0.2) is 0 Å². The Morgan fingerprint density at radius 3 is 2.77 bits per heavy atom. The maximum Gasteiger partial charge on any atom is 0.221 e. The predicted octanol–water partition coefficient (Wildman–Crippen LogP) is 4.92. The van der Waals surface area contributed by atoms with Crippen molar-refractivity contribution < 1.29 is 9.50 Å². The van der Waals surface area contributed by atoms with Crippen molar-refractivity contribution in [1.29, 1.82) is 5.41 Å². The van der Waals surface area contributed by atoms with E-state index >= 15 is 0 Å². The molecule has 6 heteroatoms. The number of benzene rings is 2. The molecule has 0 radical (unpaired) electrons. The van der Waals surface area contributed by atoms with Crippen LogP contribution in [0.1, 0.15) is 11.1 Å². The smallest absolute Gasteiger partial charge is 0.221 e.